The number of nitrogens with zero attached hydrogens (tertiary/aromatic N) is 3. The quantitative estimate of drug-likeness (QED) is 0.516. The molecular weight excluding hydrogens is 443 g/mol. The highest BCUT2D eigenvalue weighted by Gasteiger charge is 2.42. The van der Waals surface area contributed by atoms with Gasteiger partial charge in [0.15, 0.2) is 11.6 Å². The Balaban J connectivity index is 1.48. The molecule has 4 rings (SSSR count). The molecule has 0 unspecified atom stereocenters. The maximum absolute atomic E-state index is 15.3. The zero-order chi connectivity index (χ0) is 23.9. The lowest BCUT2D eigenvalue weighted by Crippen LogP contribution is -2.43. The summed E-state index contributed by atoms with van der Waals surface area (Å²) in [6.07, 6.45) is 1.90. The molecule has 1 aromatic carbocycles. The maximum Gasteiger partial charge on any atom is 0.270 e. The van der Waals surface area contributed by atoms with E-state index in [1.54, 1.807) is 17.0 Å². The van der Waals surface area contributed by atoms with Gasteiger partial charge in [-0.05, 0) is 31.2 Å². The van der Waals surface area contributed by atoms with E-state index in [4.69, 9.17) is 0 Å². The molecule has 2 aromatic rings. The second kappa shape index (κ2) is 8.70. The lowest BCUT2D eigenvalue weighted by Gasteiger charge is -2.36. The highest BCUT2D eigenvalue weighted by Crippen LogP contribution is 2.39. The number of aliphatic hydroxyl groups is 1. The molecule has 2 N–H and O–H groups in total. The summed E-state index contributed by atoms with van der Waals surface area (Å²) >= 11 is 0. The van der Waals surface area contributed by atoms with Crippen LogP contribution in [0.15, 0.2) is 30.6 Å². The van der Waals surface area contributed by atoms with Crippen molar-refractivity contribution in [2.45, 2.75) is 75.5 Å². The van der Waals surface area contributed by atoms with Crippen molar-refractivity contribution >= 4 is 11.6 Å². The van der Waals surface area contributed by atoms with Crippen LogP contribution in [0.25, 0.3) is 0 Å². The van der Waals surface area contributed by atoms with Crippen LogP contribution in [0.2, 0.25) is 0 Å². The summed E-state index contributed by atoms with van der Waals surface area (Å²) in [6.45, 7) is 1.01. The van der Waals surface area contributed by atoms with E-state index in [2.05, 4.69) is 15.3 Å². The van der Waals surface area contributed by atoms with Crippen molar-refractivity contribution in [2.75, 3.05) is 16.8 Å². The van der Waals surface area contributed by atoms with Gasteiger partial charge in [0.25, 0.3) is 5.92 Å². The lowest BCUT2D eigenvalue weighted by molar-refractivity contribution is -0.0978. The standard InChI is InChI=1S/C23H27F5N4O/c1-21(25,26)16-4-2-15(3-5-16)12-32(17-6-7-17)20-18(24)19(30-14-31-20)29-13-22(33)8-10-23(27,28)11-9-22/h2-5,14,17,33H,6-13H2,1H3,(H,29,30,31). The minimum Gasteiger partial charge on any atom is -0.388 e. The average Bonchev–Trinajstić information content (AvgIpc) is 3.59. The van der Waals surface area contributed by atoms with E-state index < -0.39 is 36.1 Å². The largest absolute Gasteiger partial charge is 0.388 e. The van der Waals surface area contributed by atoms with Crippen molar-refractivity contribution in [2.24, 2.45) is 0 Å². The first kappa shape index (κ1) is 23.7. The van der Waals surface area contributed by atoms with Gasteiger partial charge >= 0.3 is 0 Å². The molecule has 2 fully saturated rings. The van der Waals surface area contributed by atoms with Crippen LogP contribution in [0.3, 0.4) is 0 Å². The SMILES string of the molecule is CC(F)(F)c1ccc(CN(c2ncnc(NCC3(O)CCC(F)(F)CC3)c2F)C2CC2)cc1. The van der Waals surface area contributed by atoms with Crippen LogP contribution >= 0.6 is 0 Å². The monoisotopic (exact) mass is 470 g/mol. The third kappa shape index (κ3) is 5.72. The van der Waals surface area contributed by atoms with Gasteiger partial charge in [-0.2, -0.15) is 4.39 Å². The van der Waals surface area contributed by atoms with Gasteiger partial charge in [0, 0.05) is 44.5 Å². The second-order valence-corrected chi connectivity index (χ2v) is 9.24. The molecule has 0 bridgehead atoms. The molecule has 33 heavy (non-hydrogen) atoms. The number of hydrogen-bond acceptors (Lipinski definition) is 5. The van der Waals surface area contributed by atoms with Gasteiger partial charge in [-0.15, -0.1) is 0 Å². The van der Waals surface area contributed by atoms with Gasteiger partial charge in [-0.3, -0.25) is 0 Å². The Bertz CT molecular complexity index is 966. The van der Waals surface area contributed by atoms with Crippen LogP contribution in [0.4, 0.5) is 33.6 Å². The average molecular weight is 470 g/mol. The Labute approximate surface area is 189 Å². The Morgan fingerprint density at radius 1 is 1.09 bits per heavy atom. The summed E-state index contributed by atoms with van der Waals surface area (Å²) < 4.78 is 69.1. The Kier molecular flexibility index (Phi) is 6.24. The van der Waals surface area contributed by atoms with Crippen LogP contribution in [0.1, 0.15) is 56.6 Å². The molecule has 0 saturated heterocycles. The van der Waals surface area contributed by atoms with E-state index in [9.17, 15) is 22.7 Å². The van der Waals surface area contributed by atoms with Gasteiger partial charge in [0.1, 0.15) is 6.33 Å². The first-order valence-corrected chi connectivity index (χ1v) is 11.0. The fourth-order valence-corrected chi connectivity index (χ4v) is 4.05. The predicted molar refractivity (Wildman–Crippen MR) is 114 cm³/mol. The van der Waals surface area contributed by atoms with E-state index in [1.807, 2.05) is 0 Å². The van der Waals surface area contributed by atoms with Crippen molar-refractivity contribution < 1.29 is 27.1 Å². The molecule has 1 aromatic heterocycles. The number of nitrogens with one attached hydrogen (secondary N) is 1. The Morgan fingerprint density at radius 3 is 2.30 bits per heavy atom. The van der Waals surface area contributed by atoms with Crippen molar-refractivity contribution in [3.8, 4) is 0 Å². The highest BCUT2D eigenvalue weighted by molar-refractivity contribution is 5.53. The molecule has 0 spiro atoms. The van der Waals surface area contributed by atoms with E-state index in [-0.39, 0.29) is 49.2 Å². The molecule has 1 heterocycles. The number of rotatable bonds is 8. The smallest absolute Gasteiger partial charge is 0.270 e. The van der Waals surface area contributed by atoms with Crippen LogP contribution in [-0.4, -0.2) is 39.2 Å². The molecule has 0 atom stereocenters. The number of halogens is 5. The van der Waals surface area contributed by atoms with Crippen LogP contribution in [-0.2, 0) is 12.5 Å². The number of alkyl halides is 4. The summed E-state index contributed by atoms with van der Waals surface area (Å²) in [5.74, 6) is -6.47. The first-order valence-electron chi connectivity index (χ1n) is 11.0. The van der Waals surface area contributed by atoms with Gasteiger partial charge in [-0.25, -0.2) is 27.5 Å². The van der Waals surface area contributed by atoms with E-state index in [0.29, 0.717) is 0 Å². The minimum absolute atomic E-state index is 0.0688. The molecule has 2 aliphatic carbocycles. The van der Waals surface area contributed by atoms with E-state index >= 15 is 4.39 Å². The highest BCUT2D eigenvalue weighted by atomic mass is 19.3. The molecule has 0 aliphatic heterocycles. The number of anilines is 2. The lowest BCUT2D eigenvalue weighted by atomic mass is 9.83. The summed E-state index contributed by atoms with van der Waals surface area (Å²) in [5.41, 5.74) is -0.722. The van der Waals surface area contributed by atoms with Gasteiger partial charge in [0.2, 0.25) is 11.7 Å². The number of hydrogen-bond donors (Lipinski definition) is 2. The van der Waals surface area contributed by atoms with Crippen molar-refractivity contribution in [1.29, 1.82) is 0 Å². The van der Waals surface area contributed by atoms with Crippen molar-refractivity contribution in [3.63, 3.8) is 0 Å². The first-order chi connectivity index (χ1) is 15.5. The van der Waals surface area contributed by atoms with Crippen molar-refractivity contribution in [3.05, 3.63) is 47.5 Å². The fraction of sp³-hybridized carbons (Fsp3) is 0.565. The molecule has 10 heteroatoms. The molecule has 2 saturated carbocycles. The topological polar surface area (TPSA) is 61.3 Å². The van der Waals surface area contributed by atoms with E-state index in [1.165, 1.54) is 18.5 Å². The fourth-order valence-electron chi connectivity index (χ4n) is 4.05. The van der Waals surface area contributed by atoms with Gasteiger partial charge in [-0.1, -0.05) is 24.3 Å². The third-order valence-electron chi connectivity index (χ3n) is 6.34. The molecule has 0 amide bonds. The van der Waals surface area contributed by atoms with Gasteiger partial charge in [0.05, 0.1) is 5.60 Å². The summed E-state index contributed by atoms with van der Waals surface area (Å²) in [4.78, 5) is 9.80. The third-order valence-corrected chi connectivity index (χ3v) is 6.34. The number of aromatic nitrogens is 2. The second-order valence-electron chi connectivity index (χ2n) is 9.24. The predicted octanol–water partition coefficient (Wildman–Crippen LogP) is 5.25. The number of benzene rings is 1. The van der Waals surface area contributed by atoms with Crippen LogP contribution in [0, 0.1) is 5.82 Å². The maximum atomic E-state index is 15.3. The van der Waals surface area contributed by atoms with Crippen LogP contribution < -0.4 is 10.2 Å². The van der Waals surface area contributed by atoms with Gasteiger partial charge < -0.3 is 15.3 Å². The van der Waals surface area contributed by atoms with Crippen molar-refractivity contribution in [1.82, 2.24) is 9.97 Å². The molecule has 2 aliphatic rings. The zero-order valence-corrected chi connectivity index (χ0v) is 18.3. The summed E-state index contributed by atoms with van der Waals surface area (Å²) in [5, 5.41) is 13.3. The normalized spacial score (nSPS) is 19.8. The van der Waals surface area contributed by atoms with E-state index in [0.717, 1.165) is 25.3 Å². The Hall–Kier alpha value is -2.49. The minimum atomic E-state index is -2.94. The summed E-state index contributed by atoms with van der Waals surface area (Å²) in [7, 11) is 0. The van der Waals surface area contributed by atoms with Crippen LogP contribution in [0.5, 0.6) is 0 Å². The molecule has 180 valence electrons. The molecular formula is C23H27F5N4O. The molecule has 0 radical (unpaired) electrons. The zero-order valence-electron chi connectivity index (χ0n) is 18.3. The summed E-state index contributed by atoms with van der Waals surface area (Å²) in [6, 6.07) is 5.97. The Morgan fingerprint density at radius 2 is 1.73 bits per heavy atom. The molecule has 5 nitrogen and oxygen atoms in total.